The van der Waals surface area contributed by atoms with Crippen molar-refractivity contribution in [1.29, 1.82) is 0 Å². The third kappa shape index (κ3) is 6.36. The molecule has 9 nitrogen and oxygen atoms in total. The van der Waals surface area contributed by atoms with Crippen LogP contribution in [0.5, 0.6) is 11.5 Å². The molecule has 5 rings (SSSR count). The van der Waals surface area contributed by atoms with Gasteiger partial charge in [-0.05, 0) is 35.4 Å². The monoisotopic (exact) mass is 549 g/mol. The van der Waals surface area contributed by atoms with Gasteiger partial charge in [0.1, 0.15) is 29.6 Å². The number of fused-ring (bicyclic) bond motifs is 1. The van der Waals surface area contributed by atoms with Gasteiger partial charge in [0.2, 0.25) is 11.8 Å². The first-order valence-corrected chi connectivity index (χ1v) is 13.2. The van der Waals surface area contributed by atoms with Gasteiger partial charge in [0.15, 0.2) is 0 Å². The number of nitrogens with zero attached hydrogens (tertiary/aromatic N) is 4. The van der Waals surface area contributed by atoms with Crippen LogP contribution in [0.1, 0.15) is 22.7 Å². The van der Waals surface area contributed by atoms with Gasteiger partial charge in [-0.1, -0.05) is 78.0 Å². The molecule has 5 aromatic rings. The van der Waals surface area contributed by atoms with Gasteiger partial charge in [-0.25, -0.2) is 4.68 Å². The number of ether oxygens (including phenoxy) is 2. The normalized spacial score (nSPS) is 11.6. The van der Waals surface area contributed by atoms with E-state index < -0.39 is 6.04 Å². The highest BCUT2D eigenvalue weighted by atomic mass is 16.5. The number of benzene rings is 4. The van der Waals surface area contributed by atoms with Crippen molar-refractivity contribution >= 4 is 22.8 Å². The molecule has 1 atom stereocenters. The second-order valence-corrected chi connectivity index (χ2v) is 9.46. The molecule has 1 unspecified atom stereocenters. The molecule has 0 radical (unpaired) electrons. The summed E-state index contributed by atoms with van der Waals surface area (Å²) in [6.07, 6.45) is 0. The Kier molecular flexibility index (Phi) is 8.54. The molecule has 0 aliphatic heterocycles. The van der Waals surface area contributed by atoms with Gasteiger partial charge < -0.3 is 19.7 Å². The van der Waals surface area contributed by atoms with E-state index in [-0.39, 0.29) is 24.9 Å². The van der Waals surface area contributed by atoms with Gasteiger partial charge in [0, 0.05) is 24.7 Å². The Morgan fingerprint density at radius 1 is 0.854 bits per heavy atom. The minimum atomic E-state index is -1.01. The number of hydrogen-bond acceptors (Lipinski definition) is 6. The standard InChI is InChI=1S/C32H31N5O4/c1-40-25-17-18-26(29(19-25)41-2)31(32(39)33-20-23-11-5-3-6-12-23)36(21-24-13-7-4-8-14-24)30(38)22-37-28-16-10-9-15-27(28)34-35-37/h3-19,31H,20-22H2,1-2H3,(H,33,39). The van der Waals surface area contributed by atoms with Crippen LogP contribution in [-0.4, -0.2) is 45.9 Å². The first kappa shape index (κ1) is 27.4. The fourth-order valence-electron chi connectivity index (χ4n) is 4.73. The number of carbonyl (C=O) groups is 2. The molecule has 0 saturated carbocycles. The quantitative estimate of drug-likeness (QED) is 0.260. The van der Waals surface area contributed by atoms with Crippen molar-refractivity contribution in [1.82, 2.24) is 25.2 Å². The summed E-state index contributed by atoms with van der Waals surface area (Å²) in [5.41, 5.74) is 3.76. The lowest BCUT2D eigenvalue weighted by Gasteiger charge is -2.32. The molecule has 4 aromatic carbocycles. The summed E-state index contributed by atoms with van der Waals surface area (Å²) in [6.45, 7) is 0.384. The molecule has 0 aliphatic rings. The van der Waals surface area contributed by atoms with Crippen molar-refractivity contribution in [2.45, 2.75) is 25.7 Å². The first-order chi connectivity index (χ1) is 20.1. The Morgan fingerprint density at radius 3 is 2.24 bits per heavy atom. The van der Waals surface area contributed by atoms with Crippen LogP contribution >= 0.6 is 0 Å². The van der Waals surface area contributed by atoms with E-state index in [1.807, 2.05) is 84.9 Å². The van der Waals surface area contributed by atoms with Crippen LogP contribution in [-0.2, 0) is 29.2 Å². The van der Waals surface area contributed by atoms with Crippen LogP contribution in [0.15, 0.2) is 103 Å². The molecule has 2 amide bonds. The predicted octanol–water partition coefficient (Wildman–Crippen LogP) is 4.54. The van der Waals surface area contributed by atoms with E-state index in [0.29, 0.717) is 29.1 Å². The molecule has 9 heteroatoms. The number of rotatable bonds is 11. The van der Waals surface area contributed by atoms with Crippen molar-refractivity contribution in [3.8, 4) is 11.5 Å². The maximum absolute atomic E-state index is 14.2. The average molecular weight is 550 g/mol. The summed E-state index contributed by atoms with van der Waals surface area (Å²) in [6, 6.07) is 30.9. The summed E-state index contributed by atoms with van der Waals surface area (Å²) in [5, 5.41) is 11.4. The fraction of sp³-hybridized carbons (Fsp3) is 0.188. The third-order valence-electron chi connectivity index (χ3n) is 6.83. The molecular weight excluding hydrogens is 518 g/mol. The van der Waals surface area contributed by atoms with Gasteiger partial charge in [-0.15, -0.1) is 5.10 Å². The van der Waals surface area contributed by atoms with E-state index in [1.165, 1.54) is 7.11 Å². The predicted molar refractivity (Wildman–Crippen MR) is 155 cm³/mol. The lowest BCUT2D eigenvalue weighted by atomic mass is 10.0. The fourth-order valence-corrected chi connectivity index (χ4v) is 4.73. The Hall–Kier alpha value is -5.18. The summed E-state index contributed by atoms with van der Waals surface area (Å²) in [5.74, 6) is 0.359. The van der Waals surface area contributed by atoms with Crippen LogP contribution in [0.25, 0.3) is 11.0 Å². The van der Waals surface area contributed by atoms with Crippen molar-refractivity contribution in [2.75, 3.05) is 14.2 Å². The molecule has 41 heavy (non-hydrogen) atoms. The highest BCUT2D eigenvalue weighted by Gasteiger charge is 2.34. The van der Waals surface area contributed by atoms with Gasteiger partial charge in [0.25, 0.3) is 0 Å². The highest BCUT2D eigenvalue weighted by Crippen LogP contribution is 2.34. The molecule has 0 saturated heterocycles. The number of hydrogen-bond donors (Lipinski definition) is 1. The number of methoxy groups -OCH3 is 2. The Labute approximate surface area is 238 Å². The van der Waals surface area contributed by atoms with E-state index in [0.717, 1.165) is 16.6 Å². The maximum Gasteiger partial charge on any atom is 0.247 e. The minimum absolute atomic E-state index is 0.103. The van der Waals surface area contributed by atoms with Crippen molar-refractivity contribution in [3.63, 3.8) is 0 Å². The van der Waals surface area contributed by atoms with Crippen molar-refractivity contribution in [2.24, 2.45) is 0 Å². The molecule has 208 valence electrons. The Bertz CT molecular complexity index is 1620. The number of para-hydroxylation sites is 1. The van der Waals surface area contributed by atoms with Gasteiger partial charge in [-0.3, -0.25) is 9.59 Å². The summed E-state index contributed by atoms with van der Waals surface area (Å²) in [4.78, 5) is 29.8. The number of aromatic nitrogens is 3. The van der Waals surface area contributed by atoms with Gasteiger partial charge in [0.05, 0.1) is 19.7 Å². The SMILES string of the molecule is COc1ccc(C(C(=O)NCc2ccccc2)N(Cc2ccccc2)C(=O)Cn2nnc3ccccc32)c(OC)c1. The van der Waals surface area contributed by atoms with Crippen molar-refractivity contribution < 1.29 is 19.1 Å². The molecular formula is C32H31N5O4. The molecule has 0 aliphatic carbocycles. The number of carbonyl (C=O) groups excluding carboxylic acids is 2. The Balaban J connectivity index is 1.56. The molecule has 0 spiro atoms. The zero-order valence-corrected chi connectivity index (χ0v) is 22.9. The van der Waals surface area contributed by atoms with Gasteiger partial charge >= 0.3 is 0 Å². The summed E-state index contributed by atoms with van der Waals surface area (Å²) >= 11 is 0. The molecule has 1 N–H and O–H groups in total. The van der Waals surface area contributed by atoms with E-state index in [1.54, 1.807) is 34.9 Å². The van der Waals surface area contributed by atoms with Crippen LogP contribution < -0.4 is 14.8 Å². The number of nitrogens with one attached hydrogen (secondary N) is 1. The topological polar surface area (TPSA) is 98.6 Å². The Morgan fingerprint density at radius 2 is 1.54 bits per heavy atom. The maximum atomic E-state index is 14.2. The average Bonchev–Trinajstić information content (AvgIpc) is 3.43. The second kappa shape index (κ2) is 12.8. The summed E-state index contributed by atoms with van der Waals surface area (Å²) < 4.78 is 12.6. The lowest BCUT2D eigenvalue weighted by molar-refractivity contribution is -0.142. The first-order valence-electron chi connectivity index (χ1n) is 13.2. The van der Waals surface area contributed by atoms with E-state index in [4.69, 9.17) is 9.47 Å². The minimum Gasteiger partial charge on any atom is -0.497 e. The molecule has 0 bridgehead atoms. The van der Waals surface area contributed by atoms with Crippen LogP contribution in [0.3, 0.4) is 0 Å². The molecule has 0 fully saturated rings. The van der Waals surface area contributed by atoms with Crippen molar-refractivity contribution in [3.05, 3.63) is 120 Å². The van der Waals surface area contributed by atoms with Gasteiger partial charge in [-0.2, -0.15) is 0 Å². The second-order valence-electron chi connectivity index (χ2n) is 9.46. The highest BCUT2D eigenvalue weighted by molar-refractivity contribution is 5.90. The lowest BCUT2D eigenvalue weighted by Crippen LogP contribution is -2.44. The molecule has 1 aromatic heterocycles. The van der Waals surface area contributed by atoms with Crippen LogP contribution in [0, 0.1) is 0 Å². The van der Waals surface area contributed by atoms with Crippen LogP contribution in [0.2, 0.25) is 0 Å². The van der Waals surface area contributed by atoms with Crippen LogP contribution in [0.4, 0.5) is 0 Å². The van der Waals surface area contributed by atoms with E-state index in [2.05, 4.69) is 15.6 Å². The van der Waals surface area contributed by atoms with E-state index >= 15 is 0 Å². The summed E-state index contributed by atoms with van der Waals surface area (Å²) in [7, 11) is 3.09. The molecule has 1 heterocycles. The number of amides is 2. The largest absolute Gasteiger partial charge is 0.497 e. The zero-order valence-electron chi connectivity index (χ0n) is 22.9. The smallest absolute Gasteiger partial charge is 0.247 e. The third-order valence-corrected chi connectivity index (χ3v) is 6.83. The zero-order chi connectivity index (χ0) is 28.6. The van der Waals surface area contributed by atoms with E-state index in [9.17, 15) is 9.59 Å².